The van der Waals surface area contributed by atoms with Crippen LogP contribution in [-0.2, 0) is 7.05 Å². The van der Waals surface area contributed by atoms with E-state index in [1.165, 1.54) is 0 Å². The van der Waals surface area contributed by atoms with E-state index in [0.717, 1.165) is 19.6 Å². The predicted octanol–water partition coefficient (Wildman–Crippen LogP) is 0.825. The van der Waals surface area contributed by atoms with E-state index in [1.54, 1.807) is 11.5 Å². The maximum Gasteiger partial charge on any atom is 0.406 e. The first-order chi connectivity index (χ1) is 8.34. The van der Waals surface area contributed by atoms with E-state index >= 15 is 0 Å². The molecule has 1 N–H and O–H groups in total. The monoisotopic (exact) mass is 253 g/mol. The Morgan fingerprint density at radius 1 is 1.50 bits per heavy atom. The summed E-state index contributed by atoms with van der Waals surface area (Å²) in [6.07, 6.45) is 0. The normalized spacial score (nSPS) is 19.0. The predicted molar refractivity (Wildman–Crippen MR) is 68.9 cm³/mol. The van der Waals surface area contributed by atoms with Crippen molar-refractivity contribution in [3.05, 3.63) is 15.9 Å². The first kappa shape index (κ1) is 12.8. The van der Waals surface area contributed by atoms with Crippen LogP contribution >= 0.6 is 0 Å². The van der Waals surface area contributed by atoms with Gasteiger partial charge >= 0.3 is 5.82 Å². The van der Waals surface area contributed by atoms with E-state index in [2.05, 4.69) is 29.0 Å². The van der Waals surface area contributed by atoms with Crippen molar-refractivity contribution in [3.8, 4) is 0 Å². The smallest absolute Gasteiger partial charge is 0.358 e. The van der Waals surface area contributed by atoms with Crippen molar-refractivity contribution < 1.29 is 4.92 Å². The van der Waals surface area contributed by atoms with E-state index in [9.17, 15) is 10.1 Å². The van der Waals surface area contributed by atoms with Gasteiger partial charge in [-0.25, -0.2) is 0 Å². The molecule has 0 saturated carbocycles. The Balaban J connectivity index is 2.52. The first-order valence-corrected chi connectivity index (χ1v) is 6.00. The van der Waals surface area contributed by atoms with Crippen LogP contribution in [0.5, 0.6) is 0 Å². The summed E-state index contributed by atoms with van der Waals surface area (Å²) in [5, 5.41) is 14.4. The van der Waals surface area contributed by atoms with Crippen molar-refractivity contribution in [2.75, 3.05) is 24.5 Å². The molecule has 18 heavy (non-hydrogen) atoms. The minimum absolute atomic E-state index is 0.0509. The van der Waals surface area contributed by atoms with Gasteiger partial charge in [-0.2, -0.15) is 0 Å². The minimum atomic E-state index is -0.402. The second-order valence-electron chi connectivity index (χ2n) is 5.26. The number of anilines is 1. The van der Waals surface area contributed by atoms with Crippen molar-refractivity contribution in [1.82, 2.24) is 14.9 Å². The largest absolute Gasteiger partial charge is 0.406 e. The van der Waals surface area contributed by atoms with Crippen LogP contribution in [0.15, 0.2) is 0 Å². The molecule has 1 aliphatic heterocycles. The maximum atomic E-state index is 11.1. The topological polar surface area (TPSA) is 76.2 Å². The average molecular weight is 253 g/mol. The molecule has 0 radical (unpaired) electrons. The molecule has 1 aromatic heterocycles. The van der Waals surface area contributed by atoms with Gasteiger partial charge in [-0.1, -0.05) is 0 Å². The average Bonchev–Trinajstić information content (AvgIpc) is 2.56. The summed E-state index contributed by atoms with van der Waals surface area (Å²) in [4.78, 5) is 16.8. The molecule has 0 aromatic carbocycles. The summed E-state index contributed by atoms with van der Waals surface area (Å²) in [5.41, 5.74) is -0.163. The number of aromatic nitrogens is 2. The fourth-order valence-corrected chi connectivity index (χ4v) is 2.38. The van der Waals surface area contributed by atoms with Crippen molar-refractivity contribution >= 4 is 11.6 Å². The fourth-order valence-electron chi connectivity index (χ4n) is 2.38. The molecule has 7 heteroatoms. The highest BCUT2D eigenvalue weighted by Gasteiger charge is 2.37. The molecule has 2 heterocycles. The third-order valence-electron chi connectivity index (χ3n) is 3.50. The Hall–Kier alpha value is -1.63. The number of hydrogen-bond donors (Lipinski definition) is 1. The van der Waals surface area contributed by atoms with E-state index in [4.69, 9.17) is 0 Å². The molecule has 7 nitrogen and oxygen atoms in total. The number of piperazine rings is 1. The number of rotatable bonds is 2. The van der Waals surface area contributed by atoms with E-state index < -0.39 is 4.92 Å². The second kappa shape index (κ2) is 4.24. The number of nitro groups is 1. The fraction of sp³-hybridized carbons (Fsp3) is 0.727. The summed E-state index contributed by atoms with van der Waals surface area (Å²) in [6.45, 7) is 8.30. The zero-order valence-electron chi connectivity index (χ0n) is 11.2. The molecule has 0 spiro atoms. The molecule has 0 bridgehead atoms. The van der Waals surface area contributed by atoms with Crippen LogP contribution in [0, 0.1) is 17.0 Å². The van der Waals surface area contributed by atoms with Crippen molar-refractivity contribution in [2.45, 2.75) is 26.3 Å². The van der Waals surface area contributed by atoms with Gasteiger partial charge in [0.05, 0.1) is 0 Å². The third-order valence-corrected chi connectivity index (χ3v) is 3.50. The highest BCUT2D eigenvalue weighted by Crippen LogP contribution is 2.33. The van der Waals surface area contributed by atoms with Gasteiger partial charge in [-0.05, 0) is 23.8 Å². The number of nitrogens with zero attached hydrogens (tertiary/aromatic N) is 4. The molecule has 1 aliphatic rings. The molecule has 0 atom stereocenters. The van der Waals surface area contributed by atoms with Gasteiger partial charge in [0.1, 0.15) is 0 Å². The Labute approximate surface area is 106 Å². The Morgan fingerprint density at radius 2 is 2.17 bits per heavy atom. The minimum Gasteiger partial charge on any atom is -0.358 e. The molecular formula is C11H19N5O2. The van der Waals surface area contributed by atoms with Gasteiger partial charge in [-0.15, -0.1) is 0 Å². The molecule has 1 saturated heterocycles. The molecule has 100 valence electrons. The van der Waals surface area contributed by atoms with Crippen LogP contribution in [0.4, 0.5) is 11.6 Å². The number of hydrogen-bond acceptors (Lipinski definition) is 5. The Kier molecular flexibility index (Phi) is 3.02. The molecule has 2 rings (SSSR count). The lowest BCUT2D eigenvalue weighted by Gasteiger charge is -2.43. The van der Waals surface area contributed by atoms with Crippen molar-refractivity contribution in [1.29, 1.82) is 0 Å². The van der Waals surface area contributed by atoms with Crippen LogP contribution in [0.2, 0.25) is 0 Å². The molecule has 0 unspecified atom stereocenters. The summed E-state index contributed by atoms with van der Waals surface area (Å²) in [6, 6.07) is 0. The van der Waals surface area contributed by atoms with E-state index in [1.807, 2.05) is 7.05 Å². The molecule has 0 aliphatic carbocycles. The second-order valence-corrected chi connectivity index (χ2v) is 5.26. The van der Waals surface area contributed by atoms with Crippen LogP contribution < -0.4 is 10.2 Å². The number of imidazole rings is 1. The van der Waals surface area contributed by atoms with Crippen LogP contribution in [0.25, 0.3) is 0 Å². The molecule has 1 aromatic rings. The quantitative estimate of drug-likeness (QED) is 0.624. The van der Waals surface area contributed by atoms with Gasteiger partial charge in [0, 0.05) is 39.1 Å². The molecule has 0 amide bonds. The summed E-state index contributed by atoms with van der Waals surface area (Å²) < 4.78 is 1.80. The zero-order chi connectivity index (χ0) is 13.5. The SMILES string of the molecule is Cc1nc([N+](=O)[O-])c(N2CCNCC2(C)C)n1C. The highest BCUT2D eigenvalue weighted by atomic mass is 16.6. The lowest BCUT2D eigenvalue weighted by molar-refractivity contribution is -0.388. The van der Waals surface area contributed by atoms with Crippen LogP contribution in [0.1, 0.15) is 19.7 Å². The van der Waals surface area contributed by atoms with Gasteiger partial charge < -0.3 is 20.3 Å². The number of nitrogens with one attached hydrogen (secondary N) is 1. The third kappa shape index (κ3) is 1.94. The van der Waals surface area contributed by atoms with Crippen molar-refractivity contribution in [3.63, 3.8) is 0 Å². The van der Waals surface area contributed by atoms with Gasteiger partial charge in [0.25, 0.3) is 0 Å². The summed E-state index contributed by atoms with van der Waals surface area (Å²) >= 11 is 0. The van der Waals surface area contributed by atoms with E-state index in [0.29, 0.717) is 11.6 Å². The van der Waals surface area contributed by atoms with Gasteiger partial charge in [0.2, 0.25) is 11.6 Å². The van der Waals surface area contributed by atoms with E-state index in [-0.39, 0.29) is 11.4 Å². The van der Waals surface area contributed by atoms with Gasteiger partial charge in [-0.3, -0.25) is 4.57 Å². The first-order valence-electron chi connectivity index (χ1n) is 6.00. The Morgan fingerprint density at radius 3 is 2.72 bits per heavy atom. The lowest BCUT2D eigenvalue weighted by atomic mass is 10.0. The maximum absolute atomic E-state index is 11.1. The Bertz CT molecular complexity index is 480. The van der Waals surface area contributed by atoms with Gasteiger partial charge in [0.15, 0.2) is 0 Å². The lowest BCUT2D eigenvalue weighted by Crippen LogP contribution is -2.58. The van der Waals surface area contributed by atoms with Crippen molar-refractivity contribution in [2.24, 2.45) is 7.05 Å². The molecule has 1 fully saturated rings. The van der Waals surface area contributed by atoms with Crippen LogP contribution in [0.3, 0.4) is 0 Å². The highest BCUT2D eigenvalue weighted by molar-refractivity contribution is 5.58. The number of aryl methyl sites for hydroxylation is 1. The van der Waals surface area contributed by atoms with Crippen LogP contribution in [-0.4, -0.2) is 39.6 Å². The standard InChI is InChI=1S/C11H19N5O2/c1-8-13-9(16(17)18)10(14(8)4)15-6-5-12-7-11(15,2)3/h12H,5-7H2,1-4H3. The summed E-state index contributed by atoms with van der Waals surface area (Å²) in [5.74, 6) is 1.21. The zero-order valence-corrected chi connectivity index (χ0v) is 11.2. The summed E-state index contributed by atoms with van der Waals surface area (Å²) in [7, 11) is 1.82. The molecular weight excluding hydrogens is 234 g/mol.